The molecule has 0 aliphatic carbocycles. The van der Waals surface area contributed by atoms with E-state index in [4.69, 9.17) is 13.7 Å². The Kier molecular flexibility index (Phi) is 4.53. The van der Waals surface area contributed by atoms with Crippen LogP contribution in [-0.2, 0) is 4.74 Å². The van der Waals surface area contributed by atoms with Gasteiger partial charge in [-0.25, -0.2) is 4.98 Å². The van der Waals surface area contributed by atoms with Gasteiger partial charge in [0.25, 0.3) is 11.8 Å². The number of anilines is 1. The number of ether oxygens (including phenoxy) is 1. The molecule has 1 aliphatic heterocycles. The maximum absolute atomic E-state index is 5.92. The number of pyridine rings is 1. The summed E-state index contributed by atoms with van der Waals surface area (Å²) in [5, 5.41) is 12.6. The third-order valence-corrected chi connectivity index (χ3v) is 4.89. The van der Waals surface area contributed by atoms with Crippen LogP contribution < -0.4 is 4.90 Å². The van der Waals surface area contributed by atoms with E-state index >= 15 is 0 Å². The van der Waals surface area contributed by atoms with Gasteiger partial charge in [-0.3, -0.25) is 0 Å². The predicted octanol–water partition coefficient (Wildman–Crippen LogP) is 3.60. The van der Waals surface area contributed by atoms with Gasteiger partial charge in [-0.1, -0.05) is 35.5 Å². The molecule has 1 aromatic carbocycles. The van der Waals surface area contributed by atoms with Gasteiger partial charge in [0, 0.05) is 18.7 Å². The second-order valence-electron chi connectivity index (χ2n) is 6.74. The zero-order valence-corrected chi connectivity index (χ0v) is 15.9. The van der Waals surface area contributed by atoms with Crippen molar-refractivity contribution in [2.45, 2.75) is 6.92 Å². The fraction of sp³-hybridized carbons (Fsp3) is 0.238. The van der Waals surface area contributed by atoms with Crippen molar-refractivity contribution < 1.29 is 13.7 Å². The summed E-state index contributed by atoms with van der Waals surface area (Å²) in [6.07, 6.45) is 1.82. The van der Waals surface area contributed by atoms with E-state index in [0.717, 1.165) is 37.6 Å². The molecule has 0 radical (unpaired) electrons. The number of hydrogen-bond acceptors (Lipinski definition) is 8. The molecule has 29 heavy (non-hydrogen) atoms. The van der Waals surface area contributed by atoms with E-state index in [1.807, 2.05) is 55.6 Å². The molecule has 0 saturated carbocycles. The van der Waals surface area contributed by atoms with Crippen LogP contribution in [0.25, 0.3) is 34.3 Å². The van der Waals surface area contributed by atoms with Crippen LogP contribution in [0.2, 0.25) is 0 Å². The molecule has 4 aromatic rings. The minimum atomic E-state index is 0.355. The van der Waals surface area contributed by atoms with Crippen LogP contribution in [0.15, 0.2) is 57.6 Å². The first-order valence-electron chi connectivity index (χ1n) is 9.44. The summed E-state index contributed by atoms with van der Waals surface area (Å²) < 4.78 is 16.7. The molecule has 0 unspecified atom stereocenters. The molecule has 5 rings (SSSR count). The van der Waals surface area contributed by atoms with Gasteiger partial charge in [0.15, 0.2) is 0 Å². The van der Waals surface area contributed by atoms with Crippen LogP contribution in [0.3, 0.4) is 0 Å². The number of morpholine rings is 1. The molecule has 4 heterocycles. The van der Waals surface area contributed by atoms with E-state index < -0.39 is 0 Å². The lowest BCUT2D eigenvalue weighted by atomic mass is 10.1. The smallest absolute Gasteiger partial charge is 0.266 e. The third kappa shape index (κ3) is 3.38. The second kappa shape index (κ2) is 7.48. The summed E-state index contributed by atoms with van der Waals surface area (Å²) in [6.45, 7) is 5.02. The average Bonchev–Trinajstić information content (AvgIpc) is 3.42. The highest BCUT2D eigenvalue weighted by Gasteiger charge is 2.22. The van der Waals surface area contributed by atoms with Crippen LogP contribution in [0.1, 0.15) is 5.76 Å². The lowest BCUT2D eigenvalue weighted by molar-refractivity contribution is 0.122. The monoisotopic (exact) mass is 389 g/mol. The largest absolute Gasteiger partial charge is 0.414 e. The molecule has 1 aliphatic rings. The third-order valence-electron chi connectivity index (χ3n) is 4.89. The SMILES string of the molecule is Cc1onc(-c2ccccc2)c1-c1nnc(-c2ccc(N3CCOCC3)cn2)o1. The van der Waals surface area contributed by atoms with Crippen LogP contribution in [0.5, 0.6) is 0 Å². The van der Waals surface area contributed by atoms with Crippen molar-refractivity contribution in [1.82, 2.24) is 20.3 Å². The molecule has 0 spiro atoms. The Balaban J connectivity index is 1.44. The van der Waals surface area contributed by atoms with Crippen molar-refractivity contribution in [3.8, 4) is 34.3 Å². The van der Waals surface area contributed by atoms with E-state index in [9.17, 15) is 0 Å². The van der Waals surface area contributed by atoms with Crippen molar-refractivity contribution >= 4 is 5.69 Å². The first-order chi connectivity index (χ1) is 14.3. The molecular formula is C21H19N5O3. The molecule has 3 aromatic heterocycles. The fourth-order valence-electron chi connectivity index (χ4n) is 3.37. The first kappa shape index (κ1) is 17.6. The lowest BCUT2D eigenvalue weighted by Gasteiger charge is -2.28. The molecule has 1 fully saturated rings. The van der Waals surface area contributed by atoms with E-state index in [1.54, 1.807) is 0 Å². The Morgan fingerprint density at radius 3 is 2.48 bits per heavy atom. The van der Waals surface area contributed by atoms with Crippen molar-refractivity contribution in [2.75, 3.05) is 31.2 Å². The molecule has 1 saturated heterocycles. The Morgan fingerprint density at radius 2 is 1.72 bits per heavy atom. The fourth-order valence-corrected chi connectivity index (χ4v) is 3.37. The van der Waals surface area contributed by atoms with Gasteiger partial charge in [-0.15, -0.1) is 10.2 Å². The number of nitrogens with zero attached hydrogens (tertiary/aromatic N) is 5. The minimum Gasteiger partial charge on any atom is -0.414 e. The summed E-state index contributed by atoms with van der Waals surface area (Å²) in [5.41, 5.74) is 3.97. The highest BCUT2D eigenvalue weighted by molar-refractivity contribution is 5.78. The van der Waals surface area contributed by atoms with E-state index in [-0.39, 0.29) is 0 Å². The van der Waals surface area contributed by atoms with Crippen LogP contribution in [0.4, 0.5) is 5.69 Å². The Hall–Kier alpha value is -3.52. The van der Waals surface area contributed by atoms with Gasteiger partial charge in [-0.2, -0.15) is 0 Å². The maximum atomic E-state index is 5.92. The molecule has 8 heteroatoms. The molecular weight excluding hydrogens is 370 g/mol. The van der Waals surface area contributed by atoms with Crippen molar-refractivity contribution in [1.29, 1.82) is 0 Å². The number of aromatic nitrogens is 4. The number of hydrogen-bond donors (Lipinski definition) is 0. The van der Waals surface area contributed by atoms with Gasteiger partial charge < -0.3 is 18.6 Å². The Morgan fingerprint density at radius 1 is 0.931 bits per heavy atom. The summed E-state index contributed by atoms with van der Waals surface area (Å²) >= 11 is 0. The summed E-state index contributed by atoms with van der Waals surface area (Å²) in [6, 6.07) is 13.7. The highest BCUT2D eigenvalue weighted by atomic mass is 16.5. The van der Waals surface area contributed by atoms with Gasteiger partial charge in [-0.05, 0) is 19.1 Å². The van der Waals surface area contributed by atoms with Crippen molar-refractivity contribution in [3.05, 3.63) is 54.4 Å². The minimum absolute atomic E-state index is 0.355. The molecule has 8 nitrogen and oxygen atoms in total. The Bertz CT molecular complexity index is 1100. The number of benzene rings is 1. The first-order valence-corrected chi connectivity index (χ1v) is 9.44. The quantitative estimate of drug-likeness (QED) is 0.523. The van der Waals surface area contributed by atoms with Crippen LogP contribution in [-0.4, -0.2) is 46.6 Å². The molecule has 0 N–H and O–H groups in total. The lowest BCUT2D eigenvalue weighted by Crippen LogP contribution is -2.36. The topological polar surface area (TPSA) is 90.3 Å². The summed E-state index contributed by atoms with van der Waals surface area (Å²) in [7, 11) is 0. The summed E-state index contributed by atoms with van der Waals surface area (Å²) in [4.78, 5) is 6.75. The number of aryl methyl sites for hydroxylation is 1. The van der Waals surface area contributed by atoms with E-state index in [0.29, 0.717) is 34.5 Å². The van der Waals surface area contributed by atoms with Gasteiger partial charge >= 0.3 is 0 Å². The Labute approximate surface area is 167 Å². The van der Waals surface area contributed by atoms with Crippen LogP contribution >= 0.6 is 0 Å². The highest BCUT2D eigenvalue weighted by Crippen LogP contribution is 2.34. The van der Waals surface area contributed by atoms with E-state index in [2.05, 4.69) is 25.2 Å². The summed E-state index contributed by atoms with van der Waals surface area (Å²) in [5.74, 6) is 1.33. The van der Waals surface area contributed by atoms with E-state index in [1.165, 1.54) is 0 Å². The zero-order chi connectivity index (χ0) is 19.6. The molecule has 0 bridgehead atoms. The normalized spacial score (nSPS) is 14.3. The van der Waals surface area contributed by atoms with Gasteiger partial charge in [0.1, 0.15) is 22.7 Å². The second-order valence-corrected chi connectivity index (χ2v) is 6.74. The maximum Gasteiger partial charge on any atom is 0.266 e. The van der Waals surface area contributed by atoms with Crippen LogP contribution in [0, 0.1) is 6.92 Å². The average molecular weight is 389 g/mol. The molecule has 146 valence electrons. The van der Waals surface area contributed by atoms with Gasteiger partial charge in [0.2, 0.25) is 0 Å². The van der Waals surface area contributed by atoms with Gasteiger partial charge in [0.05, 0.1) is 25.1 Å². The van der Waals surface area contributed by atoms with Crippen molar-refractivity contribution in [3.63, 3.8) is 0 Å². The predicted molar refractivity (Wildman–Crippen MR) is 106 cm³/mol. The zero-order valence-electron chi connectivity index (χ0n) is 15.9. The van der Waals surface area contributed by atoms with Crippen molar-refractivity contribution in [2.24, 2.45) is 0 Å². The standard InChI is InChI=1S/C21H19N5O3/c1-14-18(19(25-29-14)15-5-3-2-4-6-15)21-24-23-20(28-21)17-8-7-16(13-22-17)26-9-11-27-12-10-26/h2-8,13H,9-12H2,1H3. The number of rotatable bonds is 4. The molecule has 0 amide bonds. The molecule has 0 atom stereocenters.